The van der Waals surface area contributed by atoms with E-state index < -0.39 is 11.6 Å². The zero-order valence-electron chi connectivity index (χ0n) is 16.7. The van der Waals surface area contributed by atoms with Crippen molar-refractivity contribution in [2.45, 2.75) is 38.8 Å². The maximum atomic E-state index is 12.9. The van der Waals surface area contributed by atoms with Crippen LogP contribution in [0.1, 0.15) is 32.3 Å². The van der Waals surface area contributed by atoms with Crippen molar-refractivity contribution < 1.29 is 14.4 Å². The molecule has 0 aromatic heterocycles. The van der Waals surface area contributed by atoms with E-state index >= 15 is 0 Å². The van der Waals surface area contributed by atoms with Crippen LogP contribution in [0, 0.1) is 0 Å². The largest absolute Gasteiger partial charge is 0.336 e. The van der Waals surface area contributed by atoms with Crippen LogP contribution in [0.3, 0.4) is 0 Å². The fourth-order valence-electron chi connectivity index (χ4n) is 3.20. The first-order chi connectivity index (χ1) is 12.8. The lowest BCUT2D eigenvalue weighted by Crippen LogP contribution is -2.47. The summed E-state index contributed by atoms with van der Waals surface area (Å²) < 4.78 is 0. The Morgan fingerprint density at radius 3 is 2.22 bits per heavy atom. The molecular formula is C20H30N4O3. The van der Waals surface area contributed by atoms with Crippen molar-refractivity contribution in [3.63, 3.8) is 0 Å². The lowest BCUT2D eigenvalue weighted by molar-refractivity contribution is -0.139. The highest BCUT2D eigenvalue weighted by molar-refractivity contribution is 6.08. The molecule has 0 bridgehead atoms. The second-order valence-electron chi connectivity index (χ2n) is 7.21. The van der Waals surface area contributed by atoms with Crippen LogP contribution < -0.4 is 5.32 Å². The number of carbonyl (C=O) groups excluding carboxylic acids is 3. The molecule has 1 aromatic carbocycles. The first-order valence-corrected chi connectivity index (χ1v) is 9.43. The third kappa shape index (κ3) is 4.86. The monoisotopic (exact) mass is 374 g/mol. The smallest absolute Gasteiger partial charge is 0.325 e. The summed E-state index contributed by atoms with van der Waals surface area (Å²) in [5.74, 6) is -0.537. The molecule has 1 saturated heterocycles. The van der Waals surface area contributed by atoms with Crippen LogP contribution in [0.25, 0.3) is 0 Å². The summed E-state index contributed by atoms with van der Waals surface area (Å²) in [5, 5.41) is 2.77. The van der Waals surface area contributed by atoms with E-state index in [-0.39, 0.29) is 18.4 Å². The standard InChI is InChI=1S/C20H30N4O3/c1-5-20(6-2)18(26)24(19(27)21-20)15-17(25)23(13-12-22(3)4)14-16-10-8-7-9-11-16/h7-11H,5-6,12-15H2,1-4H3,(H,21,27). The van der Waals surface area contributed by atoms with Gasteiger partial charge in [0.25, 0.3) is 5.91 Å². The molecule has 1 N–H and O–H groups in total. The summed E-state index contributed by atoms with van der Waals surface area (Å²) in [5.41, 5.74) is 0.129. The van der Waals surface area contributed by atoms with Gasteiger partial charge in [-0.15, -0.1) is 0 Å². The molecule has 1 aliphatic rings. The number of nitrogens with zero attached hydrogens (tertiary/aromatic N) is 3. The summed E-state index contributed by atoms with van der Waals surface area (Å²) in [6.07, 6.45) is 1.01. The highest BCUT2D eigenvalue weighted by atomic mass is 16.2. The minimum atomic E-state index is -0.884. The molecule has 1 fully saturated rings. The fraction of sp³-hybridized carbons (Fsp3) is 0.550. The number of imide groups is 1. The van der Waals surface area contributed by atoms with Gasteiger partial charge < -0.3 is 15.1 Å². The number of carbonyl (C=O) groups is 3. The molecule has 1 heterocycles. The fourth-order valence-corrected chi connectivity index (χ4v) is 3.20. The summed E-state index contributed by atoms with van der Waals surface area (Å²) in [4.78, 5) is 42.7. The third-order valence-electron chi connectivity index (χ3n) is 5.13. The van der Waals surface area contributed by atoms with Gasteiger partial charge in [-0.1, -0.05) is 44.2 Å². The Hall–Kier alpha value is -2.41. The van der Waals surface area contributed by atoms with E-state index in [1.807, 2.05) is 63.2 Å². The van der Waals surface area contributed by atoms with Gasteiger partial charge in [-0.2, -0.15) is 0 Å². The number of rotatable bonds is 9. The average molecular weight is 374 g/mol. The summed E-state index contributed by atoms with van der Waals surface area (Å²) in [6.45, 7) is 5.18. The van der Waals surface area contributed by atoms with Crippen molar-refractivity contribution >= 4 is 17.8 Å². The topological polar surface area (TPSA) is 73.0 Å². The molecule has 27 heavy (non-hydrogen) atoms. The van der Waals surface area contributed by atoms with Crippen LogP contribution >= 0.6 is 0 Å². The van der Waals surface area contributed by atoms with E-state index in [9.17, 15) is 14.4 Å². The summed E-state index contributed by atoms with van der Waals surface area (Å²) in [7, 11) is 3.89. The Morgan fingerprint density at radius 2 is 1.70 bits per heavy atom. The summed E-state index contributed by atoms with van der Waals surface area (Å²) in [6, 6.07) is 9.23. The molecule has 2 rings (SSSR count). The van der Waals surface area contributed by atoms with Gasteiger partial charge in [-0.05, 0) is 32.5 Å². The van der Waals surface area contributed by atoms with Crippen LogP contribution in [-0.2, 0) is 16.1 Å². The third-order valence-corrected chi connectivity index (χ3v) is 5.13. The molecular weight excluding hydrogens is 344 g/mol. The molecule has 4 amide bonds. The maximum Gasteiger partial charge on any atom is 0.325 e. The van der Waals surface area contributed by atoms with E-state index in [4.69, 9.17) is 0 Å². The molecule has 1 aromatic rings. The molecule has 0 aliphatic carbocycles. The highest BCUT2D eigenvalue weighted by Gasteiger charge is 2.49. The van der Waals surface area contributed by atoms with E-state index in [1.165, 1.54) is 0 Å². The Bertz CT molecular complexity index is 671. The van der Waals surface area contributed by atoms with Crippen molar-refractivity contribution in [3.8, 4) is 0 Å². The molecule has 7 heteroatoms. The normalized spacial score (nSPS) is 16.0. The van der Waals surface area contributed by atoms with Gasteiger partial charge >= 0.3 is 6.03 Å². The van der Waals surface area contributed by atoms with Crippen LogP contribution in [0.2, 0.25) is 0 Å². The predicted octanol–water partition coefficient (Wildman–Crippen LogP) is 1.69. The van der Waals surface area contributed by atoms with Gasteiger partial charge in [-0.3, -0.25) is 14.5 Å². The van der Waals surface area contributed by atoms with Crippen molar-refractivity contribution in [1.82, 2.24) is 20.0 Å². The molecule has 7 nitrogen and oxygen atoms in total. The average Bonchev–Trinajstić information content (AvgIpc) is 2.90. The minimum Gasteiger partial charge on any atom is -0.336 e. The van der Waals surface area contributed by atoms with E-state index in [0.29, 0.717) is 32.5 Å². The molecule has 0 unspecified atom stereocenters. The van der Waals surface area contributed by atoms with Crippen molar-refractivity contribution in [2.75, 3.05) is 33.7 Å². The lowest BCUT2D eigenvalue weighted by atomic mass is 9.93. The molecule has 0 atom stereocenters. The number of likely N-dealkylation sites (N-methyl/N-ethyl adjacent to an activating group) is 1. The van der Waals surface area contributed by atoms with Gasteiger partial charge in [0.2, 0.25) is 5.91 Å². The van der Waals surface area contributed by atoms with Crippen LogP contribution in [0.5, 0.6) is 0 Å². The summed E-state index contributed by atoms with van der Waals surface area (Å²) >= 11 is 0. The van der Waals surface area contributed by atoms with Crippen molar-refractivity contribution in [2.24, 2.45) is 0 Å². The van der Waals surface area contributed by atoms with E-state index in [1.54, 1.807) is 4.90 Å². The highest BCUT2D eigenvalue weighted by Crippen LogP contribution is 2.24. The van der Waals surface area contributed by atoms with Gasteiger partial charge in [0.15, 0.2) is 0 Å². The van der Waals surface area contributed by atoms with Gasteiger partial charge in [0, 0.05) is 19.6 Å². The van der Waals surface area contributed by atoms with Crippen molar-refractivity contribution in [3.05, 3.63) is 35.9 Å². The first kappa shape index (κ1) is 20.9. The quantitative estimate of drug-likeness (QED) is 0.668. The second-order valence-corrected chi connectivity index (χ2v) is 7.21. The number of amides is 4. The molecule has 1 aliphatic heterocycles. The lowest BCUT2D eigenvalue weighted by Gasteiger charge is -2.27. The van der Waals surface area contributed by atoms with Gasteiger partial charge in [0.05, 0.1) is 0 Å². The first-order valence-electron chi connectivity index (χ1n) is 9.43. The zero-order valence-corrected chi connectivity index (χ0v) is 16.7. The molecule has 0 saturated carbocycles. The van der Waals surface area contributed by atoms with Gasteiger partial charge in [-0.25, -0.2) is 4.79 Å². The number of hydrogen-bond donors (Lipinski definition) is 1. The Kier molecular flexibility index (Phi) is 6.96. The SMILES string of the molecule is CCC1(CC)NC(=O)N(CC(=O)N(CCN(C)C)Cc2ccccc2)C1=O. The predicted molar refractivity (Wildman–Crippen MR) is 104 cm³/mol. The molecule has 0 spiro atoms. The molecule has 0 radical (unpaired) electrons. The number of urea groups is 1. The maximum absolute atomic E-state index is 12.9. The zero-order chi connectivity index (χ0) is 20.0. The van der Waals surface area contributed by atoms with Crippen LogP contribution in [0.15, 0.2) is 30.3 Å². The Morgan fingerprint density at radius 1 is 1.07 bits per heavy atom. The minimum absolute atomic E-state index is 0.229. The van der Waals surface area contributed by atoms with Gasteiger partial charge in [0.1, 0.15) is 12.1 Å². The number of benzene rings is 1. The number of nitrogens with one attached hydrogen (secondary N) is 1. The van der Waals surface area contributed by atoms with Crippen molar-refractivity contribution in [1.29, 1.82) is 0 Å². The number of hydrogen-bond acceptors (Lipinski definition) is 4. The van der Waals surface area contributed by atoms with Crippen LogP contribution in [-0.4, -0.2) is 71.8 Å². The second kappa shape index (κ2) is 8.99. The Balaban J connectivity index is 2.12. The Labute approximate surface area is 161 Å². The van der Waals surface area contributed by atoms with Crippen LogP contribution in [0.4, 0.5) is 4.79 Å². The van der Waals surface area contributed by atoms with E-state index in [0.717, 1.165) is 10.5 Å². The molecule has 148 valence electrons. The van der Waals surface area contributed by atoms with E-state index in [2.05, 4.69) is 5.32 Å².